The van der Waals surface area contributed by atoms with Crippen molar-refractivity contribution in [3.05, 3.63) is 47.0 Å². The van der Waals surface area contributed by atoms with Crippen LogP contribution >= 0.6 is 0 Å². The fourth-order valence-corrected chi connectivity index (χ4v) is 3.40. The Morgan fingerprint density at radius 3 is 2.60 bits per heavy atom. The van der Waals surface area contributed by atoms with E-state index in [1.54, 1.807) is 26.0 Å². The summed E-state index contributed by atoms with van der Waals surface area (Å²) in [6.07, 6.45) is 1.63. The number of carbonyl (C=O) groups is 2. The van der Waals surface area contributed by atoms with Crippen LogP contribution in [-0.4, -0.2) is 41.0 Å². The zero-order valence-corrected chi connectivity index (χ0v) is 14.4. The third kappa shape index (κ3) is 3.31. The Morgan fingerprint density at radius 1 is 1.36 bits per heavy atom. The number of Topliss-reactive ketones (excluding diaryl/α,β-unsaturated/α-hetero) is 1. The zero-order chi connectivity index (χ0) is 18.1. The van der Waals surface area contributed by atoms with Crippen LogP contribution in [0.2, 0.25) is 0 Å². The molecule has 0 bridgehead atoms. The predicted octanol–water partition coefficient (Wildman–Crippen LogP) is 2.93. The second-order valence-electron chi connectivity index (χ2n) is 6.83. The molecule has 1 saturated heterocycles. The molecule has 1 N–H and O–H groups in total. The normalized spacial score (nSPS) is 23.8. The number of hydrogen-bond donors (Lipinski definition) is 1. The van der Waals surface area contributed by atoms with Gasteiger partial charge in [-0.3, -0.25) is 9.59 Å². The molecule has 1 aromatic carbocycles. The molecule has 0 aromatic heterocycles. The molecule has 1 fully saturated rings. The van der Waals surface area contributed by atoms with E-state index >= 15 is 0 Å². The average molecular weight is 347 g/mol. The highest BCUT2D eigenvalue weighted by molar-refractivity contribution is 6.09. The van der Waals surface area contributed by atoms with Crippen LogP contribution in [0.3, 0.4) is 0 Å². The summed E-state index contributed by atoms with van der Waals surface area (Å²) < 4.78 is 18.9. The third-order valence-electron chi connectivity index (χ3n) is 4.70. The van der Waals surface area contributed by atoms with Crippen molar-refractivity contribution in [2.24, 2.45) is 5.92 Å². The monoisotopic (exact) mass is 347 g/mol. The molecule has 2 aliphatic rings. The molecule has 2 atom stereocenters. The zero-order valence-electron chi connectivity index (χ0n) is 14.4. The number of hydrogen-bond acceptors (Lipinski definition) is 4. The molecule has 25 heavy (non-hydrogen) atoms. The molecule has 1 aromatic rings. The quantitative estimate of drug-likeness (QED) is 0.889. The second-order valence-corrected chi connectivity index (χ2v) is 6.83. The maximum Gasteiger partial charge on any atom is 0.290 e. The number of rotatable bonds is 5. The summed E-state index contributed by atoms with van der Waals surface area (Å²) in [6, 6.07) is 4.95. The van der Waals surface area contributed by atoms with Gasteiger partial charge in [-0.15, -0.1) is 0 Å². The topological polar surface area (TPSA) is 66.8 Å². The smallest absolute Gasteiger partial charge is 0.290 e. The molecular formula is C19H22FNO4. The maximum absolute atomic E-state index is 13.3. The van der Waals surface area contributed by atoms with Gasteiger partial charge in [0.1, 0.15) is 5.82 Å². The lowest BCUT2D eigenvalue weighted by Gasteiger charge is -2.29. The van der Waals surface area contributed by atoms with Crippen LogP contribution in [0.25, 0.3) is 0 Å². The van der Waals surface area contributed by atoms with Gasteiger partial charge in [-0.2, -0.15) is 0 Å². The molecule has 0 saturated carbocycles. The van der Waals surface area contributed by atoms with Gasteiger partial charge in [-0.05, 0) is 30.5 Å². The number of halogens is 1. The number of carbonyl (C=O) groups excluding carboxylic acids is 2. The van der Waals surface area contributed by atoms with Crippen LogP contribution in [0.1, 0.15) is 38.3 Å². The highest BCUT2D eigenvalue weighted by atomic mass is 19.1. The largest absolute Gasteiger partial charge is 0.503 e. The number of aliphatic hydroxyl groups is 1. The van der Waals surface area contributed by atoms with Crippen LogP contribution in [-0.2, 0) is 14.3 Å². The average Bonchev–Trinajstić information content (AvgIpc) is 3.17. The lowest BCUT2D eigenvalue weighted by Crippen LogP contribution is -2.37. The van der Waals surface area contributed by atoms with Gasteiger partial charge in [0.25, 0.3) is 5.91 Å². The second kappa shape index (κ2) is 6.96. The highest BCUT2D eigenvalue weighted by Gasteiger charge is 2.44. The van der Waals surface area contributed by atoms with E-state index in [0.29, 0.717) is 18.7 Å². The molecule has 0 spiro atoms. The first kappa shape index (κ1) is 17.6. The molecule has 5 nitrogen and oxygen atoms in total. The minimum Gasteiger partial charge on any atom is -0.503 e. The first-order chi connectivity index (χ1) is 11.9. The Hall–Kier alpha value is -2.21. The number of ether oxygens (including phenoxy) is 1. The Balaban J connectivity index is 2.00. The van der Waals surface area contributed by atoms with Gasteiger partial charge in [0.2, 0.25) is 0 Å². The van der Waals surface area contributed by atoms with Crippen molar-refractivity contribution in [2.45, 2.75) is 38.8 Å². The highest BCUT2D eigenvalue weighted by Crippen LogP contribution is 2.39. The Kier molecular flexibility index (Phi) is 4.90. The Bertz CT molecular complexity index is 705. The first-order valence-electron chi connectivity index (χ1n) is 8.55. The summed E-state index contributed by atoms with van der Waals surface area (Å²) in [5.74, 6) is -2.13. The van der Waals surface area contributed by atoms with E-state index in [4.69, 9.17) is 4.74 Å². The fourth-order valence-electron chi connectivity index (χ4n) is 3.40. The van der Waals surface area contributed by atoms with E-state index in [1.807, 2.05) is 0 Å². The SMILES string of the molecule is CC(C)C(=O)C1=C(O)C(=O)N(CC2CCCO2)C1c1ccc(F)cc1. The molecule has 134 valence electrons. The number of benzene rings is 1. The van der Waals surface area contributed by atoms with Crippen molar-refractivity contribution in [1.29, 1.82) is 0 Å². The van der Waals surface area contributed by atoms with Gasteiger partial charge in [0.05, 0.1) is 17.7 Å². The Morgan fingerprint density at radius 2 is 2.04 bits per heavy atom. The minimum absolute atomic E-state index is 0.0876. The molecule has 6 heteroatoms. The van der Waals surface area contributed by atoms with Gasteiger partial charge in [0.15, 0.2) is 11.5 Å². The molecule has 1 amide bonds. The van der Waals surface area contributed by atoms with Gasteiger partial charge in [-0.25, -0.2) is 4.39 Å². The Labute approximate surface area is 146 Å². The van der Waals surface area contributed by atoms with Crippen molar-refractivity contribution < 1.29 is 23.8 Å². The van der Waals surface area contributed by atoms with Gasteiger partial charge in [-0.1, -0.05) is 26.0 Å². The first-order valence-corrected chi connectivity index (χ1v) is 8.55. The van der Waals surface area contributed by atoms with E-state index < -0.39 is 23.5 Å². The summed E-state index contributed by atoms with van der Waals surface area (Å²) in [4.78, 5) is 26.7. The van der Waals surface area contributed by atoms with Crippen LogP contribution in [0.4, 0.5) is 4.39 Å². The maximum atomic E-state index is 13.3. The van der Waals surface area contributed by atoms with Crippen LogP contribution in [0.5, 0.6) is 0 Å². The number of ketones is 1. The fraction of sp³-hybridized carbons (Fsp3) is 0.474. The number of nitrogens with zero attached hydrogens (tertiary/aromatic N) is 1. The summed E-state index contributed by atoms with van der Waals surface area (Å²) in [7, 11) is 0. The van der Waals surface area contributed by atoms with E-state index in [1.165, 1.54) is 17.0 Å². The molecule has 2 heterocycles. The molecule has 3 rings (SSSR count). The summed E-state index contributed by atoms with van der Waals surface area (Å²) >= 11 is 0. The molecule has 0 radical (unpaired) electrons. The summed E-state index contributed by atoms with van der Waals surface area (Å²) in [5, 5.41) is 10.4. The van der Waals surface area contributed by atoms with Crippen LogP contribution < -0.4 is 0 Å². The van der Waals surface area contributed by atoms with Crippen LogP contribution in [0.15, 0.2) is 35.6 Å². The summed E-state index contributed by atoms with van der Waals surface area (Å²) in [6.45, 7) is 4.38. The van der Waals surface area contributed by atoms with Crippen molar-refractivity contribution in [1.82, 2.24) is 4.90 Å². The van der Waals surface area contributed by atoms with Crippen molar-refractivity contribution >= 4 is 11.7 Å². The van der Waals surface area contributed by atoms with Gasteiger partial charge < -0.3 is 14.7 Å². The third-order valence-corrected chi connectivity index (χ3v) is 4.70. The molecule has 2 unspecified atom stereocenters. The van der Waals surface area contributed by atoms with E-state index in [0.717, 1.165) is 12.8 Å². The molecule has 2 aliphatic heterocycles. The van der Waals surface area contributed by atoms with Gasteiger partial charge >= 0.3 is 0 Å². The predicted molar refractivity (Wildman–Crippen MR) is 89.3 cm³/mol. The van der Waals surface area contributed by atoms with Crippen molar-refractivity contribution in [3.8, 4) is 0 Å². The minimum atomic E-state index is -0.716. The van der Waals surface area contributed by atoms with E-state index in [2.05, 4.69) is 0 Å². The molecule has 0 aliphatic carbocycles. The van der Waals surface area contributed by atoms with Crippen molar-refractivity contribution in [2.75, 3.05) is 13.2 Å². The standard InChI is InChI=1S/C19H22FNO4/c1-11(2)17(22)15-16(12-5-7-13(20)8-6-12)21(19(24)18(15)23)10-14-4-3-9-25-14/h5-8,11,14,16,23H,3-4,9-10H2,1-2H3. The van der Waals surface area contributed by atoms with Crippen molar-refractivity contribution in [3.63, 3.8) is 0 Å². The lowest BCUT2D eigenvalue weighted by atomic mass is 9.91. The lowest BCUT2D eigenvalue weighted by molar-refractivity contribution is -0.131. The van der Waals surface area contributed by atoms with Crippen LogP contribution in [0, 0.1) is 11.7 Å². The van der Waals surface area contributed by atoms with E-state index in [9.17, 15) is 19.1 Å². The number of aliphatic hydroxyl groups excluding tert-OH is 1. The van der Waals surface area contributed by atoms with Gasteiger partial charge in [0, 0.05) is 19.1 Å². The summed E-state index contributed by atoms with van der Waals surface area (Å²) in [5.41, 5.74) is 0.686. The number of amides is 1. The van der Waals surface area contributed by atoms with E-state index in [-0.39, 0.29) is 23.4 Å². The molecular weight excluding hydrogens is 325 g/mol.